The molecular weight excluding hydrogens is 368 g/mol. The van der Waals surface area contributed by atoms with Gasteiger partial charge >= 0.3 is 0 Å². The number of aliphatic hydroxyl groups excluding tert-OH is 1. The van der Waals surface area contributed by atoms with E-state index in [1.54, 1.807) is 7.11 Å². The Labute approximate surface area is 171 Å². The highest BCUT2D eigenvalue weighted by atomic mass is 16.5. The van der Waals surface area contributed by atoms with Gasteiger partial charge in [-0.1, -0.05) is 42.5 Å². The van der Waals surface area contributed by atoms with E-state index in [-0.39, 0.29) is 36.6 Å². The molecule has 2 aliphatic rings. The third-order valence-corrected chi connectivity index (χ3v) is 6.19. The normalized spacial score (nSPS) is 22.8. The summed E-state index contributed by atoms with van der Waals surface area (Å²) in [6.45, 7) is 2.34. The molecule has 4 rings (SSSR count). The van der Waals surface area contributed by atoms with Crippen LogP contribution < -0.4 is 4.74 Å². The molecule has 0 bridgehead atoms. The second-order valence-corrected chi connectivity index (χ2v) is 7.94. The number of methoxy groups -OCH3 is 2. The van der Waals surface area contributed by atoms with Crippen molar-refractivity contribution in [3.8, 4) is 5.75 Å². The van der Waals surface area contributed by atoms with Crippen LogP contribution in [0.3, 0.4) is 0 Å². The molecule has 2 heterocycles. The Bertz CT molecular complexity index is 851. The molecule has 2 aromatic rings. The number of carbonyl (C=O) groups excluding carboxylic acids is 1. The minimum Gasteiger partial charge on any atom is -0.497 e. The molecule has 6 nitrogen and oxygen atoms in total. The van der Waals surface area contributed by atoms with Gasteiger partial charge in [-0.3, -0.25) is 9.69 Å². The maximum Gasteiger partial charge on any atom is 0.249 e. The summed E-state index contributed by atoms with van der Waals surface area (Å²) in [7, 11) is 3.20. The largest absolute Gasteiger partial charge is 0.497 e. The fourth-order valence-corrected chi connectivity index (χ4v) is 5.13. The summed E-state index contributed by atoms with van der Waals surface area (Å²) in [5.41, 5.74) is 2.07. The predicted octanol–water partition coefficient (Wildman–Crippen LogP) is 1.88. The van der Waals surface area contributed by atoms with E-state index >= 15 is 0 Å². The fourth-order valence-electron chi connectivity index (χ4n) is 5.13. The van der Waals surface area contributed by atoms with E-state index < -0.39 is 0 Å². The smallest absolute Gasteiger partial charge is 0.249 e. The first-order valence-electron chi connectivity index (χ1n) is 9.95. The summed E-state index contributed by atoms with van der Waals surface area (Å²) in [5, 5.41) is 10.1. The molecule has 2 saturated heterocycles. The van der Waals surface area contributed by atoms with Gasteiger partial charge in [-0.15, -0.1) is 0 Å². The Morgan fingerprint density at radius 3 is 2.55 bits per heavy atom. The summed E-state index contributed by atoms with van der Waals surface area (Å²) in [6.07, 6.45) is 0. The lowest BCUT2D eigenvalue weighted by atomic mass is 9.60. The molecule has 2 atom stereocenters. The van der Waals surface area contributed by atoms with Crippen LogP contribution in [0.5, 0.6) is 5.75 Å². The van der Waals surface area contributed by atoms with Crippen molar-refractivity contribution in [2.45, 2.75) is 24.0 Å². The van der Waals surface area contributed by atoms with Gasteiger partial charge in [0.1, 0.15) is 12.4 Å². The van der Waals surface area contributed by atoms with Crippen LogP contribution >= 0.6 is 0 Å². The molecule has 0 aliphatic carbocycles. The van der Waals surface area contributed by atoms with Crippen LogP contribution in [0.1, 0.15) is 17.0 Å². The van der Waals surface area contributed by atoms with Crippen molar-refractivity contribution in [3.05, 3.63) is 65.7 Å². The highest BCUT2D eigenvalue weighted by Crippen LogP contribution is 2.54. The summed E-state index contributed by atoms with van der Waals surface area (Å²) >= 11 is 0. The molecule has 154 valence electrons. The zero-order chi connectivity index (χ0) is 20.4. The third kappa shape index (κ3) is 3.41. The molecule has 0 saturated carbocycles. The number of nitrogens with zero attached hydrogens (tertiary/aromatic N) is 2. The number of likely N-dealkylation sites (tertiary alicyclic amines) is 2. The summed E-state index contributed by atoms with van der Waals surface area (Å²) in [5.74, 6) is 0.914. The number of benzene rings is 2. The van der Waals surface area contributed by atoms with Crippen LogP contribution in [0.2, 0.25) is 0 Å². The number of hydrogen-bond acceptors (Lipinski definition) is 5. The second-order valence-electron chi connectivity index (χ2n) is 7.94. The molecule has 1 N–H and O–H groups in total. The van der Waals surface area contributed by atoms with Gasteiger partial charge < -0.3 is 19.5 Å². The van der Waals surface area contributed by atoms with Gasteiger partial charge in [-0.2, -0.15) is 0 Å². The lowest BCUT2D eigenvalue weighted by Gasteiger charge is -2.70. The predicted molar refractivity (Wildman–Crippen MR) is 110 cm³/mol. The molecule has 29 heavy (non-hydrogen) atoms. The monoisotopic (exact) mass is 396 g/mol. The average molecular weight is 396 g/mol. The number of carbonyl (C=O) groups is 1. The standard InChI is InChI=1S/C23H28N2O4/c1-28-14-21(27)25-20(13-26)22(18-8-4-3-5-9-18)23(25)15-24(16-23)12-17-7-6-10-19(11-17)29-2/h3-11,20,22,26H,12-16H2,1-2H3/t20-,22+/m0/s1. The van der Waals surface area contributed by atoms with Gasteiger partial charge in [0.15, 0.2) is 0 Å². The quantitative estimate of drug-likeness (QED) is 0.774. The van der Waals surface area contributed by atoms with E-state index in [0.717, 1.165) is 25.4 Å². The molecule has 1 amide bonds. The Kier molecular flexibility index (Phi) is 5.58. The van der Waals surface area contributed by atoms with Crippen LogP contribution in [-0.4, -0.2) is 72.9 Å². The van der Waals surface area contributed by atoms with Crippen molar-refractivity contribution in [2.75, 3.05) is 40.5 Å². The lowest BCUT2D eigenvalue weighted by molar-refractivity contribution is -0.204. The van der Waals surface area contributed by atoms with Gasteiger partial charge in [0, 0.05) is 32.7 Å². The average Bonchev–Trinajstić information content (AvgIpc) is 2.70. The van der Waals surface area contributed by atoms with Crippen molar-refractivity contribution in [2.24, 2.45) is 0 Å². The Morgan fingerprint density at radius 2 is 1.90 bits per heavy atom. The number of amides is 1. The maximum absolute atomic E-state index is 12.8. The van der Waals surface area contributed by atoms with Crippen molar-refractivity contribution >= 4 is 5.91 Å². The van der Waals surface area contributed by atoms with Crippen LogP contribution in [0.25, 0.3) is 0 Å². The highest BCUT2D eigenvalue weighted by Gasteiger charge is 2.66. The second kappa shape index (κ2) is 8.14. The molecule has 2 aromatic carbocycles. The third-order valence-electron chi connectivity index (χ3n) is 6.19. The minimum absolute atomic E-state index is 0.0373. The van der Waals surface area contributed by atoms with Crippen LogP contribution in [0.4, 0.5) is 0 Å². The van der Waals surface area contributed by atoms with Crippen molar-refractivity contribution in [3.63, 3.8) is 0 Å². The van der Waals surface area contributed by atoms with E-state index in [0.29, 0.717) is 0 Å². The molecule has 0 unspecified atom stereocenters. The first-order chi connectivity index (χ1) is 14.1. The maximum atomic E-state index is 12.8. The SMILES string of the molecule is COCC(=O)N1[C@@H](CO)[C@@H](c2ccccc2)C12CN(Cc1cccc(OC)c1)C2. The zero-order valence-corrected chi connectivity index (χ0v) is 17.0. The number of aliphatic hydroxyl groups is 1. The van der Waals surface area contributed by atoms with Gasteiger partial charge in [-0.25, -0.2) is 0 Å². The topological polar surface area (TPSA) is 62.2 Å². The molecule has 2 aliphatic heterocycles. The van der Waals surface area contributed by atoms with E-state index in [9.17, 15) is 9.90 Å². The lowest BCUT2D eigenvalue weighted by Crippen LogP contribution is -2.85. The van der Waals surface area contributed by atoms with Crippen LogP contribution in [-0.2, 0) is 16.1 Å². The molecule has 6 heteroatoms. The molecule has 1 spiro atoms. The van der Waals surface area contributed by atoms with E-state index in [2.05, 4.69) is 23.1 Å². The number of ether oxygens (including phenoxy) is 2. The zero-order valence-electron chi connectivity index (χ0n) is 17.0. The highest BCUT2D eigenvalue weighted by molar-refractivity contribution is 5.81. The fraction of sp³-hybridized carbons (Fsp3) is 0.435. The molecule has 0 aromatic heterocycles. The molecule has 2 fully saturated rings. The summed E-state index contributed by atoms with van der Waals surface area (Å²) < 4.78 is 10.4. The van der Waals surface area contributed by atoms with E-state index in [1.165, 1.54) is 18.2 Å². The minimum atomic E-state index is -0.288. The van der Waals surface area contributed by atoms with Gasteiger partial charge in [0.05, 0.1) is 25.3 Å². The van der Waals surface area contributed by atoms with Crippen LogP contribution in [0.15, 0.2) is 54.6 Å². The number of hydrogen-bond donors (Lipinski definition) is 1. The van der Waals surface area contributed by atoms with Gasteiger partial charge in [0.25, 0.3) is 0 Å². The van der Waals surface area contributed by atoms with E-state index in [4.69, 9.17) is 9.47 Å². The summed E-state index contributed by atoms with van der Waals surface area (Å²) in [6, 6.07) is 18.1. The first kappa shape index (κ1) is 19.9. The molecular formula is C23H28N2O4. The van der Waals surface area contributed by atoms with Crippen LogP contribution in [0, 0.1) is 0 Å². The Balaban J connectivity index is 1.55. The van der Waals surface area contributed by atoms with Gasteiger partial charge in [0.2, 0.25) is 5.91 Å². The van der Waals surface area contributed by atoms with Crippen molar-refractivity contribution < 1.29 is 19.4 Å². The molecule has 0 radical (unpaired) electrons. The van der Waals surface area contributed by atoms with Gasteiger partial charge in [-0.05, 0) is 23.3 Å². The number of rotatable bonds is 7. The van der Waals surface area contributed by atoms with E-state index in [1.807, 2.05) is 41.3 Å². The van der Waals surface area contributed by atoms with Crippen molar-refractivity contribution in [1.29, 1.82) is 0 Å². The van der Waals surface area contributed by atoms with Crippen molar-refractivity contribution in [1.82, 2.24) is 9.80 Å². The first-order valence-corrected chi connectivity index (χ1v) is 9.95. The Morgan fingerprint density at radius 1 is 1.14 bits per heavy atom. The Hall–Kier alpha value is -2.41. The summed E-state index contributed by atoms with van der Waals surface area (Å²) in [4.78, 5) is 17.0.